The second-order valence-corrected chi connectivity index (χ2v) is 6.84. The van der Waals surface area contributed by atoms with Gasteiger partial charge >= 0.3 is 0 Å². The highest BCUT2D eigenvalue weighted by molar-refractivity contribution is 6.14. The van der Waals surface area contributed by atoms with E-state index in [1.54, 1.807) is 36.4 Å². The molecule has 1 saturated heterocycles. The van der Waals surface area contributed by atoms with Crippen molar-refractivity contribution in [1.29, 1.82) is 0 Å². The van der Waals surface area contributed by atoms with Crippen LogP contribution in [-0.4, -0.2) is 60.9 Å². The first-order chi connectivity index (χ1) is 14.5. The zero-order valence-corrected chi connectivity index (χ0v) is 16.5. The molecule has 1 aliphatic rings. The molecule has 0 aliphatic carbocycles. The Labute approximate surface area is 174 Å². The molecule has 1 fully saturated rings. The lowest BCUT2D eigenvalue weighted by molar-refractivity contribution is -0.384. The van der Waals surface area contributed by atoms with Crippen LogP contribution in [0.15, 0.2) is 61.2 Å². The van der Waals surface area contributed by atoms with Crippen molar-refractivity contribution in [3.05, 3.63) is 82.4 Å². The van der Waals surface area contributed by atoms with Gasteiger partial charge in [0.05, 0.1) is 35.9 Å². The molecule has 8 heteroatoms. The van der Waals surface area contributed by atoms with Crippen molar-refractivity contribution in [3.63, 3.8) is 0 Å². The largest absolute Gasteiger partial charge is 0.379 e. The van der Waals surface area contributed by atoms with E-state index in [-0.39, 0.29) is 36.0 Å². The number of ketones is 1. The summed E-state index contributed by atoms with van der Waals surface area (Å²) in [5, 5.41) is 11.3. The Morgan fingerprint density at radius 2 is 1.87 bits per heavy atom. The average molecular weight is 409 g/mol. The number of non-ortho nitro benzene ring substituents is 1. The molecule has 1 heterocycles. The van der Waals surface area contributed by atoms with Crippen molar-refractivity contribution in [2.24, 2.45) is 0 Å². The summed E-state index contributed by atoms with van der Waals surface area (Å²) < 4.78 is 5.32. The van der Waals surface area contributed by atoms with Crippen LogP contribution in [0.3, 0.4) is 0 Å². The Hall–Kier alpha value is -3.36. The van der Waals surface area contributed by atoms with E-state index < -0.39 is 4.92 Å². The molecule has 2 aromatic rings. The number of carbonyl (C=O) groups excluding carboxylic acids is 2. The van der Waals surface area contributed by atoms with Crippen LogP contribution >= 0.6 is 0 Å². The highest BCUT2D eigenvalue weighted by Gasteiger charge is 2.26. The van der Waals surface area contributed by atoms with Gasteiger partial charge in [0.15, 0.2) is 5.78 Å². The highest BCUT2D eigenvalue weighted by Crippen LogP contribution is 2.28. The quantitative estimate of drug-likeness (QED) is 0.288. The number of amides is 1. The second-order valence-electron chi connectivity index (χ2n) is 6.84. The van der Waals surface area contributed by atoms with Crippen molar-refractivity contribution >= 4 is 23.1 Å². The molecular formula is C22H23N3O5. The van der Waals surface area contributed by atoms with Crippen LogP contribution in [0.5, 0.6) is 0 Å². The number of rotatable bonds is 8. The summed E-state index contributed by atoms with van der Waals surface area (Å²) in [5.41, 5.74) is 0.607. The molecular weight excluding hydrogens is 386 g/mol. The van der Waals surface area contributed by atoms with Gasteiger partial charge in [-0.1, -0.05) is 36.4 Å². The van der Waals surface area contributed by atoms with E-state index >= 15 is 0 Å². The first kappa shape index (κ1) is 21.4. The number of benzene rings is 2. The summed E-state index contributed by atoms with van der Waals surface area (Å²) in [4.78, 5) is 40.4. The molecule has 0 radical (unpaired) electrons. The number of nitrogens with zero attached hydrogens (tertiary/aromatic N) is 3. The molecule has 0 bridgehead atoms. The fourth-order valence-electron chi connectivity index (χ4n) is 3.30. The Morgan fingerprint density at radius 3 is 2.50 bits per heavy atom. The van der Waals surface area contributed by atoms with Gasteiger partial charge in [-0.25, -0.2) is 0 Å². The summed E-state index contributed by atoms with van der Waals surface area (Å²) >= 11 is 0. The number of ether oxygens (including phenoxy) is 1. The van der Waals surface area contributed by atoms with Gasteiger partial charge in [0, 0.05) is 37.3 Å². The molecule has 3 rings (SSSR count). The predicted octanol–water partition coefficient (Wildman–Crippen LogP) is 2.68. The van der Waals surface area contributed by atoms with Gasteiger partial charge in [-0.2, -0.15) is 0 Å². The monoisotopic (exact) mass is 409 g/mol. The van der Waals surface area contributed by atoms with E-state index in [2.05, 4.69) is 6.58 Å². The van der Waals surface area contributed by atoms with E-state index in [4.69, 9.17) is 4.74 Å². The summed E-state index contributed by atoms with van der Waals surface area (Å²) in [6.45, 7) is 6.45. The van der Waals surface area contributed by atoms with Crippen molar-refractivity contribution in [3.8, 4) is 0 Å². The van der Waals surface area contributed by atoms with E-state index in [0.29, 0.717) is 37.6 Å². The molecule has 0 atom stereocenters. The van der Waals surface area contributed by atoms with Crippen molar-refractivity contribution < 1.29 is 19.2 Å². The fraction of sp³-hybridized carbons (Fsp3) is 0.273. The van der Waals surface area contributed by atoms with Gasteiger partial charge in [-0.3, -0.25) is 24.6 Å². The molecule has 0 unspecified atom stereocenters. The Bertz CT molecular complexity index is 939. The van der Waals surface area contributed by atoms with Crippen LogP contribution in [0.4, 0.5) is 11.4 Å². The molecule has 0 spiro atoms. The number of nitro groups is 1. The standard InChI is InChI=1S/C22H23N3O5/c1-2-10-24(21(26)16-23-11-13-30-14-12-23)20-9-8-18(25(28)29)15-19(20)22(27)17-6-4-3-5-7-17/h2-9,15H,1,10-14,16H2. The first-order valence-corrected chi connectivity index (χ1v) is 9.61. The van der Waals surface area contributed by atoms with Gasteiger partial charge in [-0.05, 0) is 6.07 Å². The minimum Gasteiger partial charge on any atom is -0.379 e. The van der Waals surface area contributed by atoms with E-state index in [9.17, 15) is 19.7 Å². The molecule has 8 nitrogen and oxygen atoms in total. The van der Waals surface area contributed by atoms with Crippen LogP contribution in [0.25, 0.3) is 0 Å². The molecule has 0 N–H and O–H groups in total. The molecule has 0 saturated carbocycles. The smallest absolute Gasteiger partial charge is 0.270 e. The normalized spacial score (nSPS) is 14.1. The van der Waals surface area contributed by atoms with Crippen LogP contribution in [-0.2, 0) is 9.53 Å². The third-order valence-corrected chi connectivity index (χ3v) is 4.84. The van der Waals surface area contributed by atoms with Crippen LogP contribution in [0.2, 0.25) is 0 Å². The summed E-state index contributed by atoms with van der Waals surface area (Å²) in [7, 11) is 0. The number of anilines is 1. The zero-order chi connectivity index (χ0) is 21.5. The van der Waals surface area contributed by atoms with Crippen LogP contribution in [0, 0.1) is 10.1 Å². The van der Waals surface area contributed by atoms with Crippen LogP contribution < -0.4 is 4.90 Å². The fourth-order valence-corrected chi connectivity index (χ4v) is 3.30. The number of nitro benzene ring substituents is 1. The predicted molar refractivity (Wildman–Crippen MR) is 113 cm³/mol. The van der Waals surface area contributed by atoms with Gasteiger partial charge in [0.25, 0.3) is 5.69 Å². The lowest BCUT2D eigenvalue weighted by atomic mass is 10.00. The maximum absolute atomic E-state index is 13.1. The van der Waals surface area contributed by atoms with Gasteiger partial charge in [0.1, 0.15) is 0 Å². The average Bonchev–Trinajstić information content (AvgIpc) is 2.77. The Kier molecular flexibility index (Phi) is 7.05. The number of hydrogen-bond donors (Lipinski definition) is 0. The topological polar surface area (TPSA) is 93.0 Å². The van der Waals surface area contributed by atoms with Gasteiger partial charge in [0.2, 0.25) is 5.91 Å². The number of hydrogen-bond acceptors (Lipinski definition) is 6. The molecule has 2 aromatic carbocycles. The maximum Gasteiger partial charge on any atom is 0.270 e. The lowest BCUT2D eigenvalue weighted by Crippen LogP contribution is -2.45. The van der Waals surface area contributed by atoms with E-state index in [1.807, 2.05) is 4.90 Å². The van der Waals surface area contributed by atoms with Crippen LogP contribution in [0.1, 0.15) is 15.9 Å². The molecule has 30 heavy (non-hydrogen) atoms. The number of carbonyl (C=O) groups is 2. The molecule has 1 amide bonds. The third kappa shape index (κ3) is 4.97. The third-order valence-electron chi connectivity index (χ3n) is 4.84. The highest BCUT2D eigenvalue weighted by atomic mass is 16.6. The van der Waals surface area contributed by atoms with E-state index in [0.717, 1.165) is 0 Å². The van der Waals surface area contributed by atoms with Crippen molar-refractivity contribution in [2.75, 3.05) is 44.3 Å². The van der Waals surface area contributed by atoms with E-state index in [1.165, 1.54) is 23.1 Å². The Balaban J connectivity index is 1.99. The SMILES string of the molecule is C=CCN(C(=O)CN1CCOCC1)c1ccc([N+](=O)[O-])cc1C(=O)c1ccccc1. The molecule has 1 aliphatic heterocycles. The van der Waals surface area contributed by atoms with Gasteiger partial charge < -0.3 is 9.64 Å². The van der Waals surface area contributed by atoms with Gasteiger partial charge in [-0.15, -0.1) is 6.58 Å². The first-order valence-electron chi connectivity index (χ1n) is 9.61. The number of morpholine rings is 1. The second kappa shape index (κ2) is 9.91. The maximum atomic E-state index is 13.1. The molecule has 156 valence electrons. The van der Waals surface area contributed by atoms with Crippen molar-refractivity contribution in [1.82, 2.24) is 4.90 Å². The Morgan fingerprint density at radius 1 is 1.17 bits per heavy atom. The summed E-state index contributed by atoms with van der Waals surface area (Å²) in [6, 6.07) is 12.5. The summed E-state index contributed by atoms with van der Waals surface area (Å²) in [5.74, 6) is -0.602. The minimum atomic E-state index is -0.557. The lowest BCUT2D eigenvalue weighted by Gasteiger charge is -2.30. The zero-order valence-electron chi connectivity index (χ0n) is 16.5. The van der Waals surface area contributed by atoms with Crippen molar-refractivity contribution in [2.45, 2.75) is 0 Å². The summed E-state index contributed by atoms with van der Waals surface area (Å²) in [6.07, 6.45) is 1.56. The molecule has 0 aromatic heterocycles. The minimum absolute atomic E-state index is 0.104.